The van der Waals surface area contributed by atoms with Gasteiger partial charge in [0, 0.05) is 60.5 Å². The minimum absolute atomic E-state index is 0.0349. The molecule has 4 heterocycles. The number of hydrogen-bond acceptors (Lipinski definition) is 6. The number of rotatable bonds is 7. The van der Waals surface area contributed by atoms with Crippen molar-refractivity contribution < 1.29 is 18.7 Å². The number of ether oxygens (including phenoxy) is 1. The van der Waals surface area contributed by atoms with E-state index in [2.05, 4.69) is 15.6 Å². The first kappa shape index (κ1) is 27.8. The number of fused-ring (bicyclic) bond motifs is 4. The van der Waals surface area contributed by atoms with Gasteiger partial charge in [-0.15, -0.1) is 0 Å². The van der Waals surface area contributed by atoms with E-state index in [0.29, 0.717) is 40.8 Å². The van der Waals surface area contributed by atoms with Gasteiger partial charge < -0.3 is 30.2 Å². The van der Waals surface area contributed by atoms with E-state index < -0.39 is 11.7 Å². The number of aryl methyl sites for hydroxylation is 1. The van der Waals surface area contributed by atoms with Crippen molar-refractivity contribution in [2.45, 2.75) is 44.3 Å². The number of nitrogens with two attached hydrogens (primary N) is 2. The Morgan fingerprint density at radius 1 is 1.09 bits per heavy atom. The SMILES string of the molecule is COc1cc(C(=O)N2C[C@H]3CC[C@@H]2[C@@H]3N)cc2nc(-c3cc4cccc(-c5cnc(C(N)=O)c(F)c5)c4n3CC3CC3)n(C)c12. The van der Waals surface area contributed by atoms with Gasteiger partial charge in [-0.25, -0.2) is 14.4 Å². The first-order valence-corrected chi connectivity index (χ1v) is 15.4. The van der Waals surface area contributed by atoms with Gasteiger partial charge in [-0.1, -0.05) is 18.2 Å². The normalized spacial score (nSPS) is 20.9. The fraction of sp³-hybridized carbons (Fsp3) is 0.353. The first-order chi connectivity index (χ1) is 21.7. The molecule has 1 saturated heterocycles. The standard InChI is InChI=1S/C34H34FN7O3/c1-40-31-24(11-20(13-27(31)45-2)34(44)42-16-19-8-9-25(42)28(19)36)39-33(40)26-12-18-4-3-5-22(30(18)41(26)15-17-6-7-17)21-10-23(35)29(32(37)43)38-14-21/h3-5,10-14,17,19,25,28H,6-9,15-16,36H2,1-2H3,(H2,37,43)/t19-,25-,28-/m1/s1. The predicted molar refractivity (Wildman–Crippen MR) is 168 cm³/mol. The number of piperidine rings is 1. The van der Waals surface area contributed by atoms with E-state index in [1.807, 2.05) is 46.8 Å². The molecule has 2 aliphatic carbocycles. The van der Waals surface area contributed by atoms with Crippen molar-refractivity contribution >= 4 is 33.8 Å². The fourth-order valence-corrected chi connectivity index (χ4v) is 7.52. The lowest BCUT2D eigenvalue weighted by molar-refractivity contribution is 0.0700. The second-order valence-corrected chi connectivity index (χ2v) is 12.7. The third-order valence-electron chi connectivity index (χ3n) is 9.99. The van der Waals surface area contributed by atoms with Crippen molar-refractivity contribution in [2.75, 3.05) is 13.7 Å². The molecule has 4 N–H and O–H groups in total. The third kappa shape index (κ3) is 4.32. The summed E-state index contributed by atoms with van der Waals surface area (Å²) in [7, 11) is 3.56. The minimum atomic E-state index is -0.907. The van der Waals surface area contributed by atoms with E-state index >= 15 is 0 Å². The van der Waals surface area contributed by atoms with Crippen molar-refractivity contribution in [1.82, 2.24) is 24.0 Å². The number of halogens is 1. The van der Waals surface area contributed by atoms with Crippen LogP contribution in [0.4, 0.5) is 4.39 Å². The van der Waals surface area contributed by atoms with Crippen molar-refractivity contribution in [2.24, 2.45) is 30.4 Å². The molecular weight excluding hydrogens is 573 g/mol. The topological polar surface area (TPSA) is 134 Å². The molecule has 3 atom stereocenters. The summed E-state index contributed by atoms with van der Waals surface area (Å²) in [6.45, 7) is 1.46. The highest BCUT2D eigenvalue weighted by molar-refractivity contribution is 6.02. The quantitative estimate of drug-likeness (QED) is 0.280. The molecule has 2 aromatic carbocycles. The summed E-state index contributed by atoms with van der Waals surface area (Å²) in [5.41, 5.74) is 16.5. The van der Waals surface area contributed by atoms with Crippen LogP contribution in [-0.4, -0.2) is 61.6 Å². The number of amides is 2. The Labute approximate surface area is 258 Å². The van der Waals surface area contributed by atoms with Crippen LogP contribution in [0, 0.1) is 17.7 Å². The van der Waals surface area contributed by atoms with Gasteiger partial charge in [-0.2, -0.15) is 0 Å². The number of methoxy groups -OCH3 is 1. The lowest BCUT2D eigenvalue weighted by Gasteiger charge is -2.27. The third-order valence-corrected chi connectivity index (χ3v) is 9.99. The molecule has 45 heavy (non-hydrogen) atoms. The zero-order chi connectivity index (χ0) is 31.1. The monoisotopic (exact) mass is 607 g/mol. The summed E-state index contributed by atoms with van der Waals surface area (Å²) >= 11 is 0. The Balaban J connectivity index is 1.27. The summed E-state index contributed by atoms with van der Waals surface area (Å²) in [6, 6.07) is 13.1. The maximum atomic E-state index is 14.8. The molecule has 2 bridgehead atoms. The lowest BCUT2D eigenvalue weighted by Crippen LogP contribution is -2.41. The number of carbonyl (C=O) groups excluding carboxylic acids is 2. The molecule has 230 valence electrons. The number of aromatic nitrogens is 4. The second kappa shape index (κ2) is 10.1. The Hall–Kier alpha value is -4.77. The number of pyridine rings is 1. The van der Waals surface area contributed by atoms with Crippen molar-refractivity contribution in [3.05, 3.63) is 65.7 Å². The van der Waals surface area contributed by atoms with E-state index in [1.54, 1.807) is 7.11 Å². The average molecular weight is 608 g/mol. The van der Waals surface area contributed by atoms with Crippen molar-refractivity contribution in [3.8, 4) is 28.4 Å². The molecule has 11 heteroatoms. The van der Waals surface area contributed by atoms with Gasteiger partial charge >= 0.3 is 0 Å². The van der Waals surface area contributed by atoms with Crippen LogP contribution in [0.1, 0.15) is 46.5 Å². The zero-order valence-corrected chi connectivity index (χ0v) is 25.2. The van der Waals surface area contributed by atoms with Gasteiger partial charge in [0.25, 0.3) is 11.8 Å². The van der Waals surface area contributed by atoms with Gasteiger partial charge in [-0.05, 0) is 61.8 Å². The van der Waals surface area contributed by atoms with Crippen LogP contribution >= 0.6 is 0 Å². The van der Waals surface area contributed by atoms with Gasteiger partial charge in [-0.3, -0.25) is 9.59 Å². The first-order valence-electron chi connectivity index (χ1n) is 15.4. The number of hydrogen-bond donors (Lipinski definition) is 2. The van der Waals surface area contributed by atoms with Crippen LogP contribution in [0.5, 0.6) is 5.75 Å². The van der Waals surface area contributed by atoms with Crippen LogP contribution in [-0.2, 0) is 13.6 Å². The van der Waals surface area contributed by atoms with E-state index in [0.717, 1.165) is 65.7 Å². The minimum Gasteiger partial charge on any atom is -0.494 e. The molecule has 3 aliphatic rings. The highest BCUT2D eigenvalue weighted by Crippen LogP contribution is 2.42. The Bertz CT molecular complexity index is 2040. The summed E-state index contributed by atoms with van der Waals surface area (Å²) in [5, 5.41) is 0.970. The molecular formula is C34H34FN7O3. The molecule has 10 nitrogen and oxygen atoms in total. The van der Waals surface area contributed by atoms with E-state index in [1.165, 1.54) is 12.3 Å². The molecule has 2 amide bonds. The van der Waals surface area contributed by atoms with E-state index in [9.17, 15) is 14.0 Å². The van der Waals surface area contributed by atoms with Crippen LogP contribution in [0.2, 0.25) is 0 Å². The molecule has 0 spiro atoms. The number of nitrogens with zero attached hydrogens (tertiary/aromatic N) is 5. The van der Waals surface area contributed by atoms with Crippen molar-refractivity contribution in [1.29, 1.82) is 0 Å². The maximum absolute atomic E-state index is 14.8. The van der Waals surface area contributed by atoms with E-state index in [4.69, 9.17) is 21.2 Å². The molecule has 5 aromatic rings. The number of likely N-dealkylation sites (tertiary alicyclic amines) is 1. The zero-order valence-electron chi connectivity index (χ0n) is 25.2. The predicted octanol–water partition coefficient (Wildman–Crippen LogP) is 4.48. The Kier molecular flexibility index (Phi) is 6.25. The Morgan fingerprint density at radius 3 is 2.58 bits per heavy atom. The summed E-state index contributed by atoms with van der Waals surface area (Å²) in [4.78, 5) is 36.4. The largest absolute Gasteiger partial charge is 0.494 e. The average Bonchev–Trinajstić information content (AvgIpc) is 3.42. The second-order valence-electron chi connectivity index (χ2n) is 12.7. The Morgan fingerprint density at radius 2 is 1.91 bits per heavy atom. The molecule has 8 rings (SSSR count). The van der Waals surface area contributed by atoms with E-state index in [-0.39, 0.29) is 23.7 Å². The number of carbonyl (C=O) groups is 2. The van der Waals surface area contributed by atoms with Gasteiger partial charge in [0.1, 0.15) is 11.3 Å². The lowest BCUT2D eigenvalue weighted by atomic mass is 10.0. The highest BCUT2D eigenvalue weighted by Gasteiger charge is 2.47. The van der Waals surface area contributed by atoms with Crippen molar-refractivity contribution in [3.63, 3.8) is 0 Å². The molecule has 0 unspecified atom stereocenters. The number of para-hydroxylation sites is 1. The fourth-order valence-electron chi connectivity index (χ4n) is 7.52. The van der Waals surface area contributed by atoms with Gasteiger partial charge in [0.2, 0.25) is 0 Å². The molecule has 1 aliphatic heterocycles. The summed E-state index contributed by atoms with van der Waals surface area (Å²) < 4.78 is 24.9. The molecule has 3 aromatic heterocycles. The smallest absolute Gasteiger partial charge is 0.270 e. The summed E-state index contributed by atoms with van der Waals surface area (Å²) in [5.74, 6) is 0.483. The number of primary amides is 1. The van der Waals surface area contributed by atoms with Gasteiger partial charge in [0.05, 0.1) is 23.8 Å². The van der Waals surface area contributed by atoms with Crippen LogP contribution in [0.15, 0.2) is 48.7 Å². The molecule has 0 radical (unpaired) electrons. The summed E-state index contributed by atoms with van der Waals surface area (Å²) in [6.07, 6.45) is 5.77. The maximum Gasteiger partial charge on any atom is 0.270 e. The van der Waals surface area contributed by atoms with Crippen LogP contribution < -0.4 is 16.2 Å². The molecule has 3 fully saturated rings. The highest BCUT2D eigenvalue weighted by atomic mass is 19.1. The van der Waals surface area contributed by atoms with Gasteiger partial charge in [0.15, 0.2) is 17.3 Å². The van der Waals surface area contributed by atoms with Crippen LogP contribution in [0.3, 0.4) is 0 Å². The number of benzene rings is 2. The number of imidazole rings is 1. The van der Waals surface area contributed by atoms with Crippen LogP contribution in [0.25, 0.3) is 44.6 Å². The molecule has 2 saturated carbocycles.